The molecule has 0 fully saturated rings. The van der Waals surface area contributed by atoms with Gasteiger partial charge < -0.3 is 14.6 Å². The number of hydrogen-bond donors (Lipinski definition) is 1. The van der Waals surface area contributed by atoms with Crippen LogP contribution in [0.2, 0.25) is 0 Å². The number of aromatic carboxylic acids is 1. The molecule has 2 aromatic rings. The van der Waals surface area contributed by atoms with Gasteiger partial charge in [-0.3, -0.25) is 0 Å². The molecule has 22 heavy (non-hydrogen) atoms. The Morgan fingerprint density at radius 2 is 1.82 bits per heavy atom. The van der Waals surface area contributed by atoms with Gasteiger partial charge in [0.15, 0.2) is 0 Å². The van der Waals surface area contributed by atoms with Crippen molar-refractivity contribution in [2.45, 2.75) is 6.36 Å². The number of carbonyl (C=O) groups is 1. The molecule has 0 saturated heterocycles. The molecule has 0 atom stereocenters. The SMILES string of the molecule is COc1cc(C(=O)O)cc(-c2ccccc2OC(F)(F)F)c1. The summed E-state index contributed by atoms with van der Waals surface area (Å²) in [4.78, 5) is 11.1. The van der Waals surface area contributed by atoms with Crippen molar-refractivity contribution >= 4 is 5.97 Å². The van der Waals surface area contributed by atoms with E-state index in [1.807, 2.05) is 0 Å². The lowest BCUT2D eigenvalue weighted by Crippen LogP contribution is -2.17. The number of halogens is 3. The Kier molecular flexibility index (Phi) is 4.25. The molecule has 7 heteroatoms. The Morgan fingerprint density at radius 1 is 1.14 bits per heavy atom. The standard InChI is InChI=1S/C15H11F3O4/c1-21-11-7-9(6-10(8-11)14(19)20)12-4-2-3-5-13(12)22-15(16,17)18/h2-8H,1H3,(H,19,20). The minimum atomic E-state index is -4.84. The van der Waals surface area contributed by atoms with E-state index in [-0.39, 0.29) is 22.4 Å². The molecule has 2 rings (SSSR count). The fourth-order valence-corrected chi connectivity index (χ4v) is 1.91. The summed E-state index contributed by atoms with van der Waals surface area (Å²) in [7, 11) is 1.34. The van der Waals surface area contributed by atoms with Crippen LogP contribution in [0.25, 0.3) is 11.1 Å². The van der Waals surface area contributed by atoms with E-state index in [1.54, 1.807) is 0 Å². The van der Waals surface area contributed by atoms with E-state index < -0.39 is 18.1 Å². The van der Waals surface area contributed by atoms with Crippen molar-refractivity contribution in [3.8, 4) is 22.6 Å². The molecule has 0 spiro atoms. The second-order valence-corrected chi connectivity index (χ2v) is 4.30. The van der Waals surface area contributed by atoms with Gasteiger partial charge in [0.1, 0.15) is 11.5 Å². The Hall–Kier alpha value is -2.70. The van der Waals surface area contributed by atoms with Crippen LogP contribution >= 0.6 is 0 Å². The smallest absolute Gasteiger partial charge is 0.497 e. The predicted molar refractivity (Wildman–Crippen MR) is 72.1 cm³/mol. The van der Waals surface area contributed by atoms with Gasteiger partial charge in [0, 0.05) is 5.56 Å². The lowest BCUT2D eigenvalue weighted by Gasteiger charge is -2.14. The van der Waals surface area contributed by atoms with Gasteiger partial charge in [-0.05, 0) is 29.8 Å². The fraction of sp³-hybridized carbons (Fsp3) is 0.133. The molecule has 116 valence electrons. The molecular weight excluding hydrogens is 301 g/mol. The van der Waals surface area contributed by atoms with Gasteiger partial charge in [-0.15, -0.1) is 13.2 Å². The fourth-order valence-electron chi connectivity index (χ4n) is 1.91. The van der Waals surface area contributed by atoms with Crippen LogP contribution in [-0.4, -0.2) is 24.5 Å². The van der Waals surface area contributed by atoms with Crippen LogP contribution < -0.4 is 9.47 Å². The van der Waals surface area contributed by atoms with Gasteiger partial charge >= 0.3 is 12.3 Å². The minimum absolute atomic E-state index is 0.101. The van der Waals surface area contributed by atoms with Crippen LogP contribution in [0.1, 0.15) is 10.4 Å². The molecule has 0 aliphatic rings. The summed E-state index contributed by atoms with van der Waals surface area (Å²) in [5.74, 6) is -1.41. The number of rotatable bonds is 4. The number of ether oxygens (including phenoxy) is 2. The molecular formula is C15H11F3O4. The van der Waals surface area contributed by atoms with Crippen molar-refractivity contribution in [1.29, 1.82) is 0 Å². The Balaban J connectivity index is 2.56. The molecule has 0 bridgehead atoms. The number of alkyl halides is 3. The van der Waals surface area contributed by atoms with E-state index >= 15 is 0 Å². The van der Waals surface area contributed by atoms with Crippen LogP contribution in [0.4, 0.5) is 13.2 Å². The highest BCUT2D eigenvalue weighted by Gasteiger charge is 2.32. The first-order valence-electron chi connectivity index (χ1n) is 6.07. The van der Waals surface area contributed by atoms with E-state index in [0.717, 1.165) is 6.07 Å². The average molecular weight is 312 g/mol. The van der Waals surface area contributed by atoms with E-state index in [0.29, 0.717) is 0 Å². The third-order valence-electron chi connectivity index (χ3n) is 2.81. The van der Waals surface area contributed by atoms with Gasteiger partial charge in [0.05, 0.1) is 12.7 Å². The number of carboxylic acids is 1. The number of para-hydroxylation sites is 1. The molecule has 4 nitrogen and oxygen atoms in total. The number of carboxylic acid groups (broad SMARTS) is 1. The average Bonchev–Trinajstić information content (AvgIpc) is 2.45. The van der Waals surface area contributed by atoms with Crippen LogP contribution in [0, 0.1) is 0 Å². The van der Waals surface area contributed by atoms with Crippen LogP contribution in [0.15, 0.2) is 42.5 Å². The lowest BCUT2D eigenvalue weighted by molar-refractivity contribution is -0.274. The van der Waals surface area contributed by atoms with Crippen molar-refractivity contribution < 1.29 is 32.5 Å². The number of benzene rings is 2. The Labute approximate surface area is 123 Å². The molecule has 0 amide bonds. The van der Waals surface area contributed by atoms with Crippen molar-refractivity contribution in [2.24, 2.45) is 0 Å². The zero-order chi connectivity index (χ0) is 16.3. The van der Waals surface area contributed by atoms with Crippen molar-refractivity contribution in [1.82, 2.24) is 0 Å². The first-order chi connectivity index (χ1) is 10.3. The van der Waals surface area contributed by atoms with E-state index in [1.165, 1.54) is 43.5 Å². The van der Waals surface area contributed by atoms with Gasteiger partial charge in [-0.2, -0.15) is 0 Å². The van der Waals surface area contributed by atoms with Crippen molar-refractivity contribution in [3.05, 3.63) is 48.0 Å². The molecule has 0 aliphatic heterocycles. The zero-order valence-corrected chi connectivity index (χ0v) is 11.3. The van der Waals surface area contributed by atoms with Gasteiger partial charge in [0.25, 0.3) is 0 Å². The monoisotopic (exact) mass is 312 g/mol. The Bertz CT molecular complexity index is 695. The highest BCUT2D eigenvalue weighted by atomic mass is 19.4. The summed E-state index contributed by atoms with van der Waals surface area (Å²) >= 11 is 0. The molecule has 2 aromatic carbocycles. The maximum atomic E-state index is 12.4. The summed E-state index contributed by atoms with van der Waals surface area (Å²) < 4.78 is 46.3. The highest BCUT2D eigenvalue weighted by molar-refractivity contribution is 5.90. The van der Waals surface area contributed by atoms with Crippen molar-refractivity contribution in [3.63, 3.8) is 0 Å². The third kappa shape index (κ3) is 3.69. The molecule has 0 unspecified atom stereocenters. The second kappa shape index (κ2) is 5.97. The van der Waals surface area contributed by atoms with E-state index in [4.69, 9.17) is 9.84 Å². The molecule has 0 aliphatic carbocycles. The quantitative estimate of drug-likeness (QED) is 0.928. The largest absolute Gasteiger partial charge is 0.573 e. The molecule has 0 heterocycles. The number of hydrogen-bond acceptors (Lipinski definition) is 3. The topological polar surface area (TPSA) is 55.8 Å². The molecule has 0 saturated carbocycles. The van der Waals surface area contributed by atoms with Crippen LogP contribution in [0.3, 0.4) is 0 Å². The third-order valence-corrected chi connectivity index (χ3v) is 2.81. The molecule has 0 radical (unpaired) electrons. The number of methoxy groups -OCH3 is 1. The van der Waals surface area contributed by atoms with Crippen LogP contribution in [0.5, 0.6) is 11.5 Å². The minimum Gasteiger partial charge on any atom is -0.497 e. The van der Waals surface area contributed by atoms with Gasteiger partial charge in [0.2, 0.25) is 0 Å². The maximum Gasteiger partial charge on any atom is 0.573 e. The normalized spacial score (nSPS) is 11.1. The van der Waals surface area contributed by atoms with Crippen LogP contribution in [-0.2, 0) is 0 Å². The van der Waals surface area contributed by atoms with Gasteiger partial charge in [-0.25, -0.2) is 4.79 Å². The summed E-state index contributed by atoms with van der Waals surface area (Å²) in [6.07, 6.45) is -4.84. The lowest BCUT2D eigenvalue weighted by atomic mass is 10.0. The molecule has 1 N–H and O–H groups in total. The first-order valence-corrected chi connectivity index (χ1v) is 6.07. The summed E-state index contributed by atoms with van der Waals surface area (Å²) in [5.41, 5.74) is 0.258. The summed E-state index contributed by atoms with van der Waals surface area (Å²) in [6.45, 7) is 0. The Morgan fingerprint density at radius 3 is 2.41 bits per heavy atom. The summed E-state index contributed by atoms with van der Waals surface area (Å²) in [5, 5.41) is 9.07. The first kappa shape index (κ1) is 15.7. The van der Waals surface area contributed by atoms with E-state index in [9.17, 15) is 18.0 Å². The van der Waals surface area contributed by atoms with E-state index in [2.05, 4.69) is 4.74 Å². The highest BCUT2D eigenvalue weighted by Crippen LogP contribution is 2.35. The maximum absolute atomic E-state index is 12.4. The summed E-state index contributed by atoms with van der Waals surface area (Å²) in [6, 6.07) is 9.44. The van der Waals surface area contributed by atoms with Crippen molar-refractivity contribution in [2.75, 3.05) is 7.11 Å². The van der Waals surface area contributed by atoms with Gasteiger partial charge in [-0.1, -0.05) is 18.2 Å². The predicted octanol–water partition coefficient (Wildman–Crippen LogP) is 3.96. The second-order valence-electron chi connectivity index (χ2n) is 4.30. The molecule has 0 aromatic heterocycles. The zero-order valence-electron chi connectivity index (χ0n) is 11.3.